The molecule has 0 radical (unpaired) electrons. The molecule has 2 aliphatic rings. The molecule has 2 aliphatic carbocycles. The molecule has 1 atom stereocenters. The number of rotatable bonds is 5. The summed E-state index contributed by atoms with van der Waals surface area (Å²) in [6.45, 7) is 9.46. The van der Waals surface area contributed by atoms with Gasteiger partial charge in [0.1, 0.15) is 5.75 Å². The minimum Gasteiger partial charge on any atom is -0.497 e. The number of benzene rings is 5. The van der Waals surface area contributed by atoms with Gasteiger partial charge in [0.25, 0.3) is 0 Å². The number of hydrogen-bond acceptors (Lipinski definition) is 1. The van der Waals surface area contributed by atoms with Crippen molar-refractivity contribution in [2.45, 2.75) is 27.7 Å². The number of ether oxygens (including phenoxy) is 1. The Bertz CT molecular complexity index is 2020. The van der Waals surface area contributed by atoms with Crippen LogP contribution in [0.25, 0.3) is 16.7 Å². The summed E-state index contributed by atoms with van der Waals surface area (Å²) in [5.41, 5.74) is 16.7. The number of allylic oxidation sites excluding steroid dienone is 5. The van der Waals surface area contributed by atoms with Crippen LogP contribution in [0.15, 0.2) is 168 Å². The lowest BCUT2D eigenvalue weighted by molar-refractivity contribution is 0.415. The molecular weight excluding hydrogens is 556 g/mol. The van der Waals surface area contributed by atoms with Crippen LogP contribution in [0.4, 0.5) is 0 Å². The van der Waals surface area contributed by atoms with E-state index in [2.05, 4.69) is 173 Å². The lowest BCUT2D eigenvalue weighted by atomic mass is 9.75. The molecule has 0 saturated heterocycles. The Hall–Kier alpha value is -5.14. The normalized spacial score (nSPS) is 17.9. The molecule has 0 N–H and O–H groups in total. The van der Waals surface area contributed by atoms with Crippen molar-refractivity contribution >= 4 is 16.7 Å². The molecule has 5 aromatic rings. The second-order valence-corrected chi connectivity index (χ2v) is 13.0. The zero-order chi connectivity index (χ0) is 31.8. The van der Waals surface area contributed by atoms with Crippen LogP contribution in [-0.4, -0.2) is 7.11 Å². The van der Waals surface area contributed by atoms with Gasteiger partial charge in [0, 0.05) is 11.3 Å². The highest BCUT2D eigenvalue weighted by Crippen LogP contribution is 2.62. The topological polar surface area (TPSA) is 9.23 Å². The van der Waals surface area contributed by atoms with Crippen LogP contribution < -0.4 is 4.74 Å². The predicted molar refractivity (Wildman–Crippen MR) is 194 cm³/mol. The highest BCUT2D eigenvalue weighted by molar-refractivity contribution is 5.99. The molecule has 1 unspecified atom stereocenters. The van der Waals surface area contributed by atoms with Gasteiger partial charge in [0.2, 0.25) is 0 Å². The Morgan fingerprint density at radius 3 is 1.70 bits per heavy atom. The lowest BCUT2D eigenvalue weighted by Gasteiger charge is -2.28. The van der Waals surface area contributed by atoms with Crippen molar-refractivity contribution < 1.29 is 4.74 Å². The highest BCUT2D eigenvalue weighted by Gasteiger charge is 2.48. The summed E-state index contributed by atoms with van der Waals surface area (Å²) in [5, 5.41) is 0. The molecular formula is C45H40O. The molecule has 1 fully saturated rings. The monoisotopic (exact) mass is 596 g/mol. The molecule has 0 bridgehead atoms. The minimum atomic E-state index is -0.244. The quantitative estimate of drug-likeness (QED) is 0.196. The molecule has 1 heteroatoms. The van der Waals surface area contributed by atoms with Gasteiger partial charge in [0.15, 0.2) is 0 Å². The van der Waals surface area contributed by atoms with Gasteiger partial charge in [0.05, 0.1) is 7.11 Å². The maximum Gasteiger partial charge on any atom is 0.118 e. The maximum absolute atomic E-state index is 5.59. The fraction of sp³-hybridized carbons (Fsp3) is 0.156. The van der Waals surface area contributed by atoms with Crippen LogP contribution in [0.3, 0.4) is 0 Å². The van der Waals surface area contributed by atoms with Crippen molar-refractivity contribution in [2.24, 2.45) is 11.3 Å². The summed E-state index contributed by atoms with van der Waals surface area (Å²) in [6.07, 6.45) is 2.57. The van der Waals surface area contributed by atoms with Crippen molar-refractivity contribution in [1.82, 2.24) is 0 Å². The fourth-order valence-electron chi connectivity index (χ4n) is 7.93. The van der Waals surface area contributed by atoms with Crippen molar-refractivity contribution in [3.63, 3.8) is 0 Å². The first-order valence-corrected chi connectivity index (χ1v) is 16.2. The van der Waals surface area contributed by atoms with Crippen LogP contribution in [-0.2, 0) is 0 Å². The smallest absolute Gasteiger partial charge is 0.118 e. The van der Waals surface area contributed by atoms with E-state index in [-0.39, 0.29) is 11.3 Å². The third kappa shape index (κ3) is 4.97. The van der Waals surface area contributed by atoms with E-state index in [1.54, 1.807) is 7.11 Å². The summed E-state index contributed by atoms with van der Waals surface area (Å²) < 4.78 is 5.59. The summed E-state index contributed by atoms with van der Waals surface area (Å²) >= 11 is 0. The number of hydrogen-bond donors (Lipinski definition) is 0. The van der Waals surface area contributed by atoms with Gasteiger partial charge in [-0.2, -0.15) is 0 Å². The molecule has 7 rings (SSSR count). The van der Waals surface area contributed by atoms with Gasteiger partial charge in [-0.25, -0.2) is 0 Å². The zero-order valence-corrected chi connectivity index (χ0v) is 27.3. The molecule has 1 nitrogen and oxygen atoms in total. The van der Waals surface area contributed by atoms with Crippen LogP contribution in [0.1, 0.15) is 61.1 Å². The third-order valence-electron chi connectivity index (χ3n) is 9.64. The van der Waals surface area contributed by atoms with E-state index in [4.69, 9.17) is 4.74 Å². The maximum atomic E-state index is 5.59. The van der Waals surface area contributed by atoms with E-state index in [1.165, 1.54) is 72.4 Å². The first-order valence-electron chi connectivity index (χ1n) is 16.2. The molecule has 1 saturated carbocycles. The SMILES string of the molecule is COc1ccc(/C(=C2/C(=C(C)C)C(C)(C)C3=C(c4ccccc4)c4ccccc4C(c4ccccc4)=CC32)c2ccccc2)cc1. The van der Waals surface area contributed by atoms with E-state index in [0.717, 1.165) is 5.75 Å². The minimum absolute atomic E-state index is 0.0371. The van der Waals surface area contributed by atoms with E-state index >= 15 is 0 Å². The van der Waals surface area contributed by atoms with Gasteiger partial charge >= 0.3 is 0 Å². The molecule has 226 valence electrons. The van der Waals surface area contributed by atoms with Crippen LogP contribution in [0.5, 0.6) is 5.75 Å². The summed E-state index contributed by atoms with van der Waals surface area (Å²) in [7, 11) is 1.73. The Labute approximate surface area is 273 Å². The number of methoxy groups -OCH3 is 1. The molecule has 0 aliphatic heterocycles. The first kappa shape index (κ1) is 29.6. The van der Waals surface area contributed by atoms with E-state index in [9.17, 15) is 0 Å². The predicted octanol–water partition coefficient (Wildman–Crippen LogP) is 11.4. The molecule has 0 spiro atoms. The van der Waals surface area contributed by atoms with Crippen molar-refractivity contribution in [3.8, 4) is 5.75 Å². The van der Waals surface area contributed by atoms with Crippen molar-refractivity contribution in [2.75, 3.05) is 7.11 Å². The molecule has 0 aromatic heterocycles. The molecule has 0 amide bonds. The fourth-order valence-corrected chi connectivity index (χ4v) is 7.93. The zero-order valence-electron chi connectivity index (χ0n) is 27.3. The summed E-state index contributed by atoms with van der Waals surface area (Å²) in [5.74, 6) is 0.897. The Morgan fingerprint density at radius 2 is 1.11 bits per heavy atom. The lowest BCUT2D eigenvalue weighted by Crippen LogP contribution is -2.15. The summed E-state index contributed by atoms with van der Waals surface area (Å²) in [4.78, 5) is 0. The second-order valence-electron chi connectivity index (χ2n) is 13.0. The average molecular weight is 597 g/mol. The Kier molecular flexibility index (Phi) is 7.70. The van der Waals surface area contributed by atoms with Gasteiger partial charge in [-0.15, -0.1) is 0 Å². The van der Waals surface area contributed by atoms with Crippen LogP contribution in [0.2, 0.25) is 0 Å². The second kappa shape index (κ2) is 12.0. The molecule has 0 heterocycles. The van der Waals surface area contributed by atoms with E-state index in [1.807, 2.05) is 0 Å². The third-order valence-corrected chi connectivity index (χ3v) is 9.64. The van der Waals surface area contributed by atoms with Crippen molar-refractivity contribution in [1.29, 1.82) is 0 Å². The average Bonchev–Trinajstić information content (AvgIpc) is 3.21. The van der Waals surface area contributed by atoms with Crippen LogP contribution >= 0.6 is 0 Å². The van der Waals surface area contributed by atoms with Gasteiger partial charge in [-0.05, 0) is 92.8 Å². The van der Waals surface area contributed by atoms with Gasteiger partial charge < -0.3 is 4.74 Å². The molecule has 5 aromatic carbocycles. The van der Waals surface area contributed by atoms with Crippen molar-refractivity contribution in [3.05, 3.63) is 201 Å². The van der Waals surface area contributed by atoms with Gasteiger partial charge in [-0.3, -0.25) is 0 Å². The molecule has 46 heavy (non-hydrogen) atoms. The first-order chi connectivity index (χ1) is 22.4. The van der Waals surface area contributed by atoms with Gasteiger partial charge in [-0.1, -0.05) is 153 Å². The Balaban J connectivity index is 1.69. The summed E-state index contributed by atoms with van der Waals surface area (Å²) in [6, 6.07) is 50.5. The van der Waals surface area contributed by atoms with E-state index < -0.39 is 0 Å². The standard InChI is InChI=1S/C45H40O/c1-30(2)43-42(40(32-19-11-7-12-20-32)34-25-27-35(46-5)28-26-34)39-29-38(31-17-9-6-10-18-31)36-23-15-16-24-37(36)41(44(39)45(43,3)4)33-21-13-8-14-22-33/h6-29,39H,1-5H3/b42-40+. The number of fused-ring (bicyclic) bond motifs is 2. The van der Waals surface area contributed by atoms with Crippen LogP contribution in [0, 0.1) is 11.3 Å². The largest absolute Gasteiger partial charge is 0.497 e. The van der Waals surface area contributed by atoms with E-state index in [0.29, 0.717) is 0 Å². The highest BCUT2D eigenvalue weighted by atomic mass is 16.5. The Morgan fingerprint density at radius 1 is 0.587 bits per heavy atom.